The van der Waals surface area contributed by atoms with E-state index in [0.29, 0.717) is 11.6 Å². The molecule has 1 N–H and O–H groups in total. The monoisotopic (exact) mass is 637 g/mol. The van der Waals surface area contributed by atoms with Crippen molar-refractivity contribution in [3.63, 3.8) is 0 Å². The quantitative estimate of drug-likeness (QED) is 0.198. The Hall–Kier alpha value is -3.85. The third-order valence-electron chi connectivity index (χ3n) is 6.85. The molecule has 0 aliphatic carbocycles. The highest BCUT2D eigenvalue weighted by molar-refractivity contribution is 7.92. The standard InChI is InChI=1S/C33H33Cl2N3O4S/c1-3-36-33(40)31(20-25-12-6-4-7-13-25)37(22-26-14-10-11-24(2)19-26)32(39)23-38(30-18-17-27(34)21-29(30)35)43(41,42)28-15-8-5-9-16-28/h4-19,21,31H,3,20,22-23H2,1-2H3,(H,36,40). The van der Waals surface area contributed by atoms with Gasteiger partial charge in [0.05, 0.1) is 15.6 Å². The normalized spacial score (nSPS) is 11.9. The van der Waals surface area contributed by atoms with Crippen molar-refractivity contribution >= 4 is 50.7 Å². The average molecular weight is 639 g/mol. The van der Waals surface area contributed by atoms with Gasteiger partial charge in [-0.25, -0.2) is 8.42 Å². The van der Waals surface area contributed by atoms with Gasteiger partial charge in [-0.05, 0) is 55.3 Å². The van der Waals surface area contributed by atoms with Crippen LogP contribution >= 0.6 is 23.2 Å². The van der Waals surface area contributed by atoms with E-state index in [2.05, 4.69) is 5.32 Å². The highest BCUT2D eigenvalue weighted by Gasteiger charge is 2.35. The van der Waals surface area contributed by atoms with Crippen molar-refractivity contribution in [1.29, 1.82) is 0 Å². The largest absolute Gasteiger partial charge is 0.355 e. The molecule has 0 aliphatic heterocycles. The van der Waals surface area contributed by atoms with Crippen LogP contribution in [0.1, 0.15) is 23.6 Å². The summed E-state index contributed by atoms with van der Waals surface area (Å²) in [6.07, 6.45) is 0.233. The molecule has 0 heterocycles. The van der Waals surface area contributed by atoms with Gasteiger partial charge >= 0.3 is 0 Å². The number of halogens is 2. The van der Waals surface area contributed by atoms with Gasteiger partial charge in [0.15, 0.2) is 0 Å². The molecular formula is C33H33Cl2N3O4S. The van der Waals surface area contributed by atoms with Gasteiger partial charge in [0.1, 0.15) is 12.6 Å². The minimum Gasteiger partial charge on any atom is -0.355 e. The van der Waals surface area contributed by atoms with E-state index in [9.17, 15) is 18.0 Å². The number of hydrogen-bond acceptors (Lipinski definition) is 4. The fourth-order valence-electron chi connectivity index (χ4n) is 4.77. The van der Waals surface area contributed by atoms with Crippen LogP contribution in [0.3, 0.4) is 0 Å². The third kappa shape index (κ3) is 8.16. The Morgan fingerprint density at radius 3 is 2.12 bits per heavy atom. The molecule has 1 unspecified atom stereocenters. The van der Waals surface area contributed by atoms with Crippen molar-refractivity contribution in [3.05, 3.63) is 130 Å². The van der Waals surface area contributed by atoms with Crippen molar-refractivity contribution < 1.29 is 18.0 Å². The average Bonchev–Trinajstić information content (AvgIpc) is 2.99. The highest BCUT2D eigenvalue weighted by Crippen LogP contribution is 2.33. The van der Waals surface area contributed by atoms with E-state index in [-0.39, 0.29) is 34.5 Å². The number of likely N-dealkylation sites (N-methyl/N-ethyl adjacent to an activating group) is 1. The summed E-state index contributed by atoms with van der Waals surface area (Å²) < 4.78 is 29.0. The molecule has 7 nitrogen and oxygen atoms in total. The summed E-state index contributed by atoms with van der Waals surface area (Å²) in [6, 6.07) is 28.3. The number of anilines is 1. The molecule has 0 saturated carbocycles. The van der Waals surface area contributed by atoms with Gasteiger partial charge in [0.25, 0.3) is 10.0 Å². The van der Waals surface area contributed by atoms with E-state index < -0.39 is 28.5 Å². The number of rotatable bonds is 12. The SMILES string of the molecule is CCNC(=O)C(Cc1ccccc1)N(Cc1cccc(C)c1)C(=O)CN(c1ccc(Cl)cc1Cl)S(=O)(=O)c1ccccc1. The number of sulfonamides is 1. The number of amides is 2. The van der Waals surface area contributed by atoms with Crippen LogP contribution in [0.2, 0.25) is 10.0 Å². The maximum Gasteiger partial charge on any atom is 0.264 e. The summed E-state index contributed by atoms with van der Waals surface area (Å²) in [4.78, 5) is 29.4. The number of carbonyl (C=O) groups is 2. The second kappa shape index (κ2) is 14.6. The lowest BCUT2D eigenvalue weighted by Gasteiger charge is -2.34. The minimum absolute atomic E-state index is 0.0105. The topological polar surface area (TPSA) is 86.8 Å². The molecule has 4 aromatic rings. The van der Waals surface area contributed by atoms with Gasteiger partial charge in [-0.1, -0.05) is 102 Å². The molecule has 10 heteroatoms. The van der Waals surface area contributed by atoms with Gasteiger partial charge in [0.2, 0.25) is 11.8 Å². The summed E-state index contributed by atoms with van der Waals surface area (Å²) in [7, 11) is -4.25. The smallest absolute Gasteiger partial charge is 0.264 e. The molecule has 43 heavy (non-hydrogen) atoms. The molecule has 0 aromatic heterocycles. The van der Waals surface area contributed by atoms with Gasteiger partial charge in [-0.3, -0.25) is 13.9 Å². The Morgan fingerprint density at radius 2 is 1.49 bits per heavy atom. The molecule has 4 aromatic carbocycles. The number of carbonyl (C=O) groups excluding carboxylic acids is 2. The predicted molar refractivity (Wildman–Crippen MR) is 172 cm³/mol. The first-order valence-electron chi connectivity index (χ1n) is 13.8. The lowest BCUT2D eigenvalue weighted by atomic mass is 10.0. The number of benzene rings is 4. The number of aryl methyl sites for hydroxylation is 1. The molecule has 0 spiro atoms. The molecule has 0 radical (unpaired) electrons. The zero-order chi connectivity index (χ0) is 31.0. The van der Waals surface area contributed by atoms with E-state index >= 15 is 0 Å². The second-order valence-electron chi connectivity index (χ2n) is 10.0. The molecule has 0 fully saturated rings. The Labute approximate surface area is 263 Å². The van der Waals surface area contributed by atoms with Crippen LogP contribution in [0.15, 0.2) is 108 Å². The summed E-state index contributed by atoms with van der Waals surface area (Å²) in [5.41, 5.74) is 2.74. The third-order valence-corrected chi connectivity index (χ3v) is 9.16. The molecule has 0 bridgehead atoms. The maximum atomic E-state index is 14.4. The summed E-state index contributed by atoms with van der Waals surface area (Å²) >= 11 is 12.6. The van der Waals surface area contributed by atoms with Crippen molar-refractivity contribution in [2.45, 2.75) is 37.8 Å². The van der Waals surface area contributed by atoms with E-state index in [1.165, 1.54) is 35.2 Å². The first-order chi connectivity index (χ1) is 20.6. The second-order valence-corrected chi connectivity index (χ2v) is 12.7. The van der Waals surface area contributed by atoms with Crippen molar-refractivity contribution in [2.24, 2.45) is 0 Å². The van der Waals surface area contributed by atoms with Crippen LogP contribution < -0.4 is 9.62 Å². The Balaban J connectivity index is 1.81. The highest BCUT2D eigenvalue weighted by atomic mass is 35.5. The van der Waals surface area contributed by atoms with Crippen LogP contribution in [-0.2, 0) is 32.6 Å². The molecule has 224 valence electrons. The van der Waals surface area contributed by atoms with Crippen LogP contribution in [-0.4, -0.2) is 44.3 Å². The van der Waals surface area contributed by atoms with Gasteiger partial charge in [-0.15, -0.1) is 0 Å². The fraction of sp³-hybridized carbons (Fsp3) is 0.212. The Kier molecular flexibility index (Phi) is 10.9. The van der Waals surface area contributed by atoms with Crippen molar-refractivity contribution in [2.75, 3.05) is 17.4 Å². The Bertz CT molecular complexity index is 1670. The van der Waals surface area contributed by atoms with E-state index in [1.807, 2.05) is 61.5 Å². The van der Waals surface area contributed by atoms with Crippen LogP contribution in [0.25, 0.3) is 0 Å². The molecule has 0 aliphatic rings. The number of hydrogen-bond donors (Lipinski definition) is 1. The fourth-order valence-corrected chi connectivity index (χ4v) is 6.78. The van der Waals surface area contributed by atoms with E-state index in [1.54, 1.807) is 25.1 Å². The molecule has 0 saturated heterocycles. The zero-order valence-corrected chi connectivity index (χ0v) is 26.2. The van der Waals surface area contributed by atoms with E-state index in [4.69, 9.17) is 23.2 Å². The first-order valence-corrected chi connectivity index (χ1v) is 16.0. The Morgan fingerprint density at radius 1 is 0.837 bits per heavy atom. The van der Waals surface area contributed by atoms with Crippen molar-refractivity contribution in [1.82, 2.24) is 10.2 Å². The summed E-state index contributed by atoms with van der Waals surface area (Å²) in [5.74, 6) is -0.909. The predicted octanol–water partition coefficient (Wildman–Crippen LogP) is 6.27. The van der Waals surface area contributed by atoms with E-state index in [0.717, 1.165) is 21.0 Å². The molecule has 2 amide bonds. The summed E-state index contributed by atoms with van der Waals surface area (Å²) in [5, 5.41) is 3.24. The van der Waals surface area contributed by atoms with Crippen LogP contribution in [0.5, 0.6) is 0 Å². The van der Waals surface area contributed by atoms with Gasteiger partial charge < -0.3 is 10.2 Å². The van der Waals surface area contributed by atoms with Crippen LogP contribution in [0, 0.1) is 6.92 Å². The van der Waals surface area contributed by atoms with Gasteiger partial charge in [0, 0.05) is 24.5 Å². The minimum atomic E-state index is -4.25. The number of nitrogens with zero attached hydrogens (tertiary/aromatic N) is 2. The lowest BCUT2D eigenvalue weighted by molar-refractivity contribution is -0.140. The molecular weight excluding hydrogens is 605 g/mol. The molecule has 4 rings (SSSR count). The van der Waals surface area contributed by atoms with Crippen molar-refractivity contribution in [3.8, 4) is 0 Å². The van der Waals surface area contributed by atoms with Gasteiger partial charge in [-0.2, -0.15) is 0 Å². The zero-order valence-electron chi connectivity index (χ0n) is 23.9. The lowest BCUT2D eigenvalue weighted by Crippen LogP contribution is -2.53. The molecule has 1 atom stereocenters. The summed E-state index contributed by atoms with van der Waals surface area (Å²) in [6.45, 7) is 3.60. The van der Waals surface area contributed by atoms with Crippen LogP contribution in [0.4, 0.5) is 5.69 Å². The maximum absolute atomic E-state index is 14.4. The first kappa shape index (κ1) is 32.1. The number of nitrogens with one attached hydrogen (secondary N) is 1.